The summed E-state index contributed by atoms with van der Waals surface area (Å²) in [6.45, 7) is 1.64. The Morgan fingerprint density at radius 1 is 1.53 bits per heavy atom. The minimum absolute atomic E-state index is 0.0832. The second-order valence-electron chi connectivity index (χ2n) is 4.25. The lowest BCUT2D eigenvalue weighted by Gasteiger charge is -2.05. The largest absolute Gasteiger partial charge is 0.373 e. The first-order valence-electron chi connectivity index (χ1n) is 5.87. The van der Waals surface area contributed by atoms with E-state index in [2.05, 4.69) is 21.2 Å². The Balaban J connectivity index is 1.65. The van der Waals surface area contributed by atoms with Gasteiger partial charge in [-0.15, -0.1) is 0 Å². The monoisotopic (exact) mass is 297 g/mol. The predicted octanol–water partition coefficient (Wildman–Crippen LogP) is 2.29. The highest BCUT2D eigenvalue weighted by atomic mass is 79.9. The van der Waals surface area contributed by atoms with Crippen LogP contribution in [0.2, 0.25) is 0 Å². The third-order valence-electron chi connectivity index (χ3n) is 2.68. The molecule has 1 saturated heterocycles. The maximum atomic E-state index is 11.6. The molecule has 2 rings (SSSR count). The Morgan fingerprint density at radius 3 is 3.06 bits per heavy atom. The van der Waals surface area contributed by atoms with Gasteiger partial charge in [-0.05, 0) is 30.5 Å². The van der Waals surface area contributed by atoms with E-state index >= 15 is 0 Å². The first kappa shape index (κ1) is 12.6. The van der Waals surface area contributed by atoms with Crippen molar-refractivity contribution >= 4 is 21.8 Å². The van der Waals surface area contributed by atoms with Crippen molar-refractivity contribution in [2.75, 3.05) is 13.2 Å². The molecule has 0 unspecified atom stereocenters. The molecular weight excluding hydrogens is 282 g/mol. The molecule has 1 atom stereocenters. The lowest BCUT2D eigenvalue weighted by Crippen LogP contribution is -2.26. The summed E-state index contributed by atoms with van der Waals surface area (Å²) in [6.07, 6.45) is 2.95. The molecular formula is C13H16BrNO2. The standard InChI is InChI=1S/C13H16BrNO2/c14-11-4-1-3-10(7-11)8-13(16)15-6-2-5-12-9-17-12/h1,3-4,7,12H,2,5-6,8-9H2,(H,15,16)/t12-/m1/s1. The van der Waals surface area contributed by atoms with Crippen LogP contribution in [-0.4, -0.2) is 25.2 Å². The van der Waals surface area contributed by atoms with Crippen LogP contribution in [0.4, 0.5) is 0 Å². The Hall–Kier alpha value is -0.870. The highest BCUT2D eigenvalue weighted by Gasteiger charge is 2.21. The van der Waals surface area contributed by atoms with Gasteiger partial charge in [-0.1, -0.05) is 28.1 Å². The number of ether oxygens (including phenoxy) is 1. The molecule has 0 bridgehead atoms. The van der Waals surface area contributed by atoms with Gasteiger partial charge < -0.3 is 10.1 Å². The number of nitrogens with one attached hydrogen (secondary N) is 1. The van der Waals surface area contributed by atoms with Crippen molar-refractivity contribution in [3.8, 4) is 0 Å². The number of carbonyl (C=O) groups excluding carboxylic acids is 1. The summed E-state index contributed by atoms with van der Waals surface area (Å²) in [6, 6.07) is 7.83. The number of carbonyl (C=O) groups is 1. The molecule has 17 heavy (non-hydrogen) atoms. The molecule has 92 valence electrons. The van der Waals surface area contributed by atoms with E-state index in [9.17, 15) is 4.79 Å². The van der Waals surface area contributed by atoms with Crippen molar-refractivity contribution in [2.45, 2.75) is 25.4 Å². The third kappa shape index (κ3) is 4.88. The number of epoxide rings is 1. The van der Waals surface area contributed by atoms with Gasteiger partial charge in [0.15, 0.2) is 0 Å². The Morgan fingerprint density at radius 2 is 2.35 bits per heavy atom. The van der Waals surface area contributed by atoms with E-state index in [1.807, 2.05) is 24.3 Å². The molecule has 1 amide bonds. The molecule has 1 aromatic carbocycles. The zero-order chi connectivity index (χ0) is 12.1. The molecule has 3 nitrogen and oxygen atoms in total. The normalized spacial score (nSPS) is 17.8. The smallest absolute Gasteiger partial charge is 0.224 e. The molecule has 0 spiro atoms. The Labute approximate surface area is 110 Å². The number of rotatable bonds is 6. The van der Waals surface area contributed by atoms with Crippen LogP contribution >= 0.6 is 15.9 Å². The SMILES string of the molecule is O=C(Cc1cccc(Br)c1)NCCC[C@@H]1CO1. The number of benzene rings is 1. The first-order valence-corrected chi connectivity index (χ1v) is 6.66. The van der Waals surface area contributed by atoms with Gasteiger partial charge in [-0.25, -0.2) is 0 Å². The van der Waals surface area contributed by atoms with Gasteiger partial charge in [0.1, 0.15) is 0 Å². The van der Waals surface area contributed by atoms with Gasteiger partial charge in [-0.3, -0.25) is 4.79 Å². The van der Waals surface area contributed by atoms with Crippen LogP contribution in [0, 0.1) is 0 Å². The van der Waals surface area contributed by atoms with Gasteiger partial charge in [0.2, 0.25) is 5.91 Å². The van der Waals surface area contributed by atoms with E-state index in [1.54, 1.807) is 0 Å². The van der Waals surface area contributed by atoms with Gasteiger partial charge >= 0.3 is 0 Å². The fourth-order valence-electron chi connectivity index (χ4n) is 1.69. The average molecular weight is 298 g/mol. The van der Waals surface area contributed by atoms with Crippen molar-refractivity contribution in [2.24, 2.45) is 0 Å². The number of hydrogen-bond donors (Lipinski definition) is 1. The maximum Gasteiger partial charge on any atom is 0.224 e. The molecule has 1 fully saturated rings. The lowest BCUT2D eigenvalue weighted by atomic mass is 10.1. The van der Waals surface area contributed by atoms with E-state index in [0.29, 0.717) is 12.5 Å². The molecule has 1 N–H and O–H groups in total. The van der Waals surface area contributed by atoms with Crippen molar-refractivity contribution in [3.05, 3.63) is 34.3 Å². The highest BCUT2D eigenvalue weighted by Crippen LogP contribution is 2.14. The summed E-state index contributed by atoms with van der Waals surface area (Å²) in [7, 11) is 0. The lowest BCUT2D eigenvalue weighted by molar-refractivity contribution is -0.120. The zero-order valence-electron chi connectivity index (χ0n) is 9.62. The van der Waals surface area contributed by atoms with Crippen LogP contribution in [-0.2, 0) is 16.0 Å². The van der Waals surface area contributed by atoms with Crippen molar-refractivity contribution in [3.63, 3.8) is 0 Å². The fourth-order valence-corrected chi connectivity index (χ4v) is 2.13. The average Bonchev–Trinajstić information content (AvgIpc) is 3.08. The fraction of sp³-hybridized carbons (Fsp3) is 0.462. The summed E-state index contributed by atoms with van der Waals surface area (Å²) in [5, 5.41) is 2.92. The van der Waals surface area contributed by atoms with E-state index < -0.39 is 0 Å². The number of hydrogen-bond acceptors (Lipinski definition) is 2. The summed E-state index contributed by atoms with van der Waals surface area (Å²) in [4.78, 5) is 11.6. The van der Waals surface area contributed by atoms with Crippen LogP contribution in [0.15, 0.2) is 28.7 Å². The van der Waals surface area contributed by atoms with Gasteiger partial charge in [0.25, 0.3) is 0 Å². The summed E-state index contributed by atoms with van der Waals surface area (Å²) in [5.74, 6) is 0.0832. The van der Waals surface area contributed by atoms with Gasteiger partial charge in [0, 0.05) is 11.0 Å². The molecule has 4 heteroatoms. The van der Waals surface area contributed by atoms with Crippen molar-refractivity contribution < 1.29 is 9.53 Å². The topological polar surface area (TPSA) is 41.6 Å². The van der Waals surface area contributed by atoms with Gasteiger partial charge in [0.05, 0.1) is 19.1 Å². The zero-order valence-corrected chi connectivity index (χ0v) is 11.2. The Bertz CT molecular complexity index is 391. The summed E-state index contributed by atoms with van der Waals surface area (Å²) < 4.78 is 6.11. The van der Waals surface area contributed by atoms with Crippen LogP contribution < -0.4 is 5.32 Å². The molecule has 0 aliphatic carbocycles. The van der Waals surface area contributed by atoms with E-state index in [4.69, 9.17) is 4.74 Å². The molecule has 1 heterocycles. The third-order valence-corrected chi connectivity index (χ3v) is 3.17. The molecule has 1 aliphatic rings. The van der Waals surface area contributed by atoms with Crippen molar-refractivity contribution in [1.29, 1.82) is 0 Å². The second kappa shape index (κ2) is 6.17. The van der Waals surface area contributed by atoms with Crippen LogP contribution in [0.3, 0.4) is 0 Å². The second-order valence-corrected chi connectivity index (χ2v) is 5.17. The molecule has 0 radical (unpaired) electrons. The highest BCUT2D eigenvalue weighted by molar-refractivity contribution is 9.10. The minimum Gasteiger partial charge on any atom is -0.373 e. The molecule has 0 aromatic heterocycles. The molecule has 1 aromatic rings. The quantitative estimate of drug-likeness (QED) is 0.646. The van der Waals surface area contributed by atoms with Crippen LogP contribution in [0.5, 0.6) is 0 Å². The number of halogens is 1. The summed E-state index contributed by atoms with van der Waals surface area (Å²) >= 11 is 3.39. The molecule has 1 aliphatic heterocycles. The van der Waals surface area contributed by atoms with Crippen LogP contribution in [0.1, 0.15) is 18.4 Å². The van der Waals surface area contributed by atoms with Crippen molar-refractivity contribution in [1.82, 2.24) is 5.32 Å². The first-order chi connectivity index (χ1) is 8.24. The summed E-state index contributed by atoms with van der Waals surface area (Å²) in [5.41, 5.74) is 1.03. The van der Waals surface area contributed by atoms with E-state index in [0.717, 1.165) is 36.0 Å². The number of amides is 1. The van der Waals surface area contributed by atoms with Gasteiger partial charge in [-0.2, -0.15) is 0 Å². The van der Waals surface area contributed by atoms with Crippen LogP contribution in [0.25, 0.3) is 0 Å². The van der Waals surface area contributed by atoms with E-state index in [1.165, 1.54) is 0 Å². The predicted molar refractivity (Wildman–Crippen MR) is 69.8 cm³/mol. The Kier molecular flexibility index (Phi) is 4.57. The molecule has 0 saturated carbocycles. The minimum atomic E-state index is 0.0832. The van der Waals surface area contributed by atoms with E-state index in [-0.39, 0.29) is 5.91 Å². The maximum absolute atomic E-state index is 11.6.